The molecule has 2 atom stereocenters. The van der Waals surface area contributed by atoms with Gasteiger partial charge in [0.1, 0.15) is 0 Å². The zero-order valence-electron chi connectivity index (χ0n) is 9.70. The first kappa shape index (κ1) is 12.0. The average molecular weight is 200 g/mol. The highest BCUT2D eigenvalue weighted by molar-refractivity contribution is 4.80. The lowest BCUT2D eigenvalue weighted by Gasteiger charge is -2.21. The van der Waals surface area contributed by atoms with Gasteiger partial charge in [0.2, 0.25) is 0 Å². The van der Waals surface area contributed by atoms with Crippen LogP contribution in [0.15, 0.2) is 0 Å². The van der Waals surface area contributed by atoms with E-state index in [0.29, 0.717) is 6.61 Å². The van der Waals surface area contributed by atoms with Crippen molar-refractivity contribution in [2.24, 2.45) is 17.6 Å². The number of hydrogen-bond acceptors (Lipinski definition) is 3. The molecule has 0 aliphatic carbocycles. The molecule has 0 saturated carbocycles. The smallest absolute Gasteiger partial charge is 0.0626 e. The van der Waals surface area contributed by atoms with Crippen molar-refractivity contribution in [1.82, 2.24) is 4.90 Å². The van der Waals surface area contributed by atoms with E-state index in [9.17, 15) is 0 Å². The van der Waals surface area contributed by atoms with Gasteiger partial charge in [0.05, 0.1) is 6.61 Å². The normalized spacial score (nSPS) is 25.9. The minimum atomic E-state index is 0.172. The Kier molecular flexibility index (Phi) is 4.85. The summed E-state index contributed by atoms with van der Waals surface area (Å²) in [5, 5.41) is 0. The summed E-state index contributed by atoms with van der Waals surface area (Å²) >= 11 is 0. The Morgan fingerprint density at radius 1 is 1.50 bits per heavy atom. The molecule has 1 aliphatic heterocycles. The van der Waals surface area contributed by atoms with E-state index >= 15 is 0 Å². The zero-order valence-corrected chi connectivity index (χ0v) is 9.70. The molecule has 0 aromatic carbocycles. The number of ether oxygens (including phenoxy) is 1. The summed E-state index contributed by atoms with van der Waals surface area (Å²) in [4.78, 5) is 2.47. The first-order valence-corrected chi connectivity index (χ1v) is 5.60. The summed E-state index contributed by atoms with van der Waals surface area (Å²) in [6.07, 6.45) is 1.33. The van der Waals surface area contributed by atoms with Crippen molar-refractivity contribution in [2.45, 2.75) is 26.3 Å². The van der Waals surface area contributed by atoms with Gasteiger partial charge in [-0.15, -0.1) is 0 Å². The van der Waals surface area contributed by atoms with Gasteiger partial charge in [-0.2, -0.15) is 0 Å². The molecular weight excluding hydrogens is 176 g/mol. The molecule has 0 spiro atoms. The molecule has 0 aromatic heterocycles. The summed E-state index contributed by atoms with van der Waals surface area (Å²) < 4.78 is 5.04. The van der Waals surface area contributed by atoms with Gasteiger partial charge in [0, 0.05) is 26.2 Å². The molecule has 1 aliphatic rings. The molecule has 0 radical (unpaired) electrons. The van der Waals surface area contributed by atoms with Crippen molar-refractivity contribution in [3.05, 3.63) is 0 Å². The third-order valence-corrected chi connectivity index (χ3v) is 3.13. The van der Waals surface area contributed by atoms with Gasteiger partial charge in [0.25, 0.3) is 0 Å². The highest BCUT2D eigenvalue weighted by atomic mass is 16.5. The third kappa shape index (κ3) is 3.56. The van der Waals surface area contributed by atoms with Crippen LogP contribution in [0.25, 0.3) is 0 Å². The van der Waals surface area contributed by atoms with Crippen LogP contribution in [0.4, 0.5) is 0 Å². The average Bonchev–Trinajstić information content (AvgIpc) is 2.53. The van der Waals surface area contributed by atoms with Gasteiger partial charge in [0.15, 0.2) is 0 Å². The van der Waals surface area contributed by atoms with Crippen molar-refractivity contribution in [3.63, 3.8) is 0 Å². The highest BCUT2D eigenvalue weighted by Gasteiger charge is 2.25. The van der Waals surface area contributed by atoms with Crippen molar-refractivity contribution in [2.75, 3.05) is 33.4 Å². The molecule has 0 bridgehead atoms. The van der Waals surface area contributed by atoms with Crippen LogP contribution in [0.3, 0.4) is 0 Å². The quantitative estimate of drug-likeness (QED) is 0.718. The minimum Gasteiger partial charge on any atom is -0.383 e. The first-order chi connectivity index (χ1) is 6.63. The molecule has 2 N–H and O–H groups in total. The first-order valence-electron chi connectivity index (χ1n) is 5.60. The molecule has 3 heteroatoms. The summed E-state index contributed by atoms with van der Waals surface area (Å²) in [6, 6.07) is 0.172. The van der Waals surface area contributed by atoms with Crippen LogP contribution in [-0.2, 0) is 4.74 Å². The van der Waals surface area contributed by atoms with Crippen LogP contribution >= 0.6 is 0 Å². The number of nitrogens with two attached hydrogens (primary N) is 1. The Bertz CT molecular complexity index is 161. The van der Waals surface area contributed by atoms with E-state index in [1.807, 2.05) is 0 Å². The molecule has 0 amide bonds. The molecule has 1 fully saturated rings. The predicted octanol–water partition coefficient (Wildman–Crippen LogP) is 0.938. The van der Waals surface area contributed by atoms with Crippen LogP contribution in [0.2, 0.25) is 0 Å². The lowest BCUT2D eigenvalue weighted by molar-refractivity contribution is 0.159. The molecular formula is C11H24N2O. The van der Waals surface area contributed by atoms with E-state index in [4.69, 9.17) is 10.5 Å². The van der Waals surface area contributed by atoms with Gasteiger partial charge >= 0.3 is 0 Å². The molecule has 3 nitrogen and oxygen atoms in total. The molecule has 2 unspecified atom stereocenters. The number of nitrogens with zero attached hydrogens (tertiary/aromatic N) is 1. The maximum atomic E-state index is 5.92. The lowest BCUT2D eigenvalue weighted by Crippen LogP contribution is -2.39. The van der Waals surface area contributed by atoms with Crippen molar-refractivity contribution in [1.29, 1.82) is 0 Å². The standard InChI is InChI=1S/C11H24N2O/c1-9(2)10-4-5-13(6-10)7-11(12)8-14-3/h9-11H,4-8,12H2,1-3H3. The minimum absolute atomic E-state index is 0.172. The molecule has 1 heterocycles. The maximum absolute atomic E-state index is 5.92. The van der Waals surface area contributed by atoms with Gasteiger partial charge < -0.3 is 15.4 Å². The Balaban J connectivity index is 2.21. The Hall–Kier alpha value is -0.120. The van der Waals surface area contributed by atoms with Crippen molar-refractivity contribution in [3.8, 4) is 0 Å². The monoisotopic (exact) mass is 200 g/mol. The van der Waals surface area contributed by atoms with E-state index in [0.717, 1.165) is 18.4 Å². The van der Waals surface area contributed by atoms with Gasteiger partial charge in [-0.05, 0) is 24.8 Å². The number of rotatable bonds is 5. The van der Waals surface area contributed by atoms with Gasteiger partial charge in [-0.25, -0.2) is 0 Å². The van der Waals surface area contributed by atoms with Crippen molar-refractivity contribution >= 4 is 0 Å². The summed E-state index contributed by atoms with van der Waals surface area (Å²) in [7, 11) is 1.71. The van der Waals surface area contributed by atoms with Crippen LogP contribution < -0.4 is 5.73 Å². The van der Waals surface area contributed by atoms with E-state index in [1.165, 1.54) is 19.5 Å². The van der Waals surface area contributed by atoms with Gasteiger partial charge in [-0.3, -0.25) is 0 Å². The third-order valence-electron chi connectivity index (χ3n) is 3.13. The zero-order chi connectivity index (χ0) is 10.6. The van der Waals surface area contributed by atoms with Crippen LogP contribution in [0, 0.1) is 11.8 Å². The topological polar surface area (TPSA) is 38.5 Å². The molecule has 1 rings (SSSR count). The predicted molar refractivity (Wildman–Crippen MR) is 59.2 cm³/mol. The number of hydrogen-bond donors (Lipinski definition) is 1. The van der Waals surface area contributed by atoms with E-state index in [2.05, 4.69) is 18.7 Å². The second kappa shape index (κ2) is 5.69. The number of methoxy groups -OCH3 is 1. The second-order valence-corrected chi connectivity index (χ2v) is 4.77. The van der Waals surface area contributed by atoms with Crippen LogP contribution in [0.5, 0.6) is 0 Å². The maximum Gasteiger partial charge on any atom is 0.0626 e. The number of likely N-dealkylation sites (tertiary alicyclic amines) is 1. The fourth-order valence-electron chi connectivity index (χ4n) is 2.17. The highest BCUT2D eigenvalue weighted by Crippen LogP contribution is 2.23. The summed E-state index contributed by atoms with van der Waals surface area (Å²) in [5.41, 5.74) is 5.92. The SMILES string of the molecule is COCC(N)CN1CCC(C(C)C)C1. The Labute approximate surface area is 87.6 Å². The molecule has 14 heavy (non-hydrogen) atoms. The fourth-order valence-corrected chi connectivity index (χ4v) is 2.17. The molecule has 0 aromatic rings. The molecule has 1 saturated heterocycles. The summed E-state index contributed by atoms with van der Waals surface area (Å²) in [5.74, 6) is 1.67. The fraction of sp³-hybridized carbons (Fsp3) is 1.00. The van der Waals surface area contributed by atoms with E-state index < -0.39 is 0 Å². The Morgan fingerprint density at radius 2 is 2.21 bits per heavy atom. The van der Waals surface area contributed by atoms with Crippen LogP contribution in [-0.4, -0.2) is 44.3 Å². The van der Waals surface area contributed by atoms with E-state index in [1.54, 1.807) is 7.11 Å². The molecule has 84 valence electrons. The largest absolute Gasteiger partial charge is 0.383 e. The van der Waals surface area contributed by atoms with E-state index in [-0.39, 0.29) is 6.04 Å². The van der Waals surface area contributed by atoms with Gasteiger partial charge in [-0.1, -0.05) is 13.8 Å². The summed E-state index contributed by atoms with van der Waals surface area (Å²) in [6.45, 7) is 8.70. The van der Waals surface area contributed by atoms with Crippen molar-refractivity contribution < 1.29 is 4.74 Å². The second-order valence-electron chi connectivity index (χ2n) is 4.77. The van der Waals surface area contributed by atoms with Crippen LogP contribution in [0.1, 0.15) is 20.3 Å². The Morgan fingerprint density at radius 3 is 2.71 bits per heavy atom. The lowest BCUT2D eigenvalue weighted by atomic mass is 9.95.